The van der Waals surface area contributed by atoms with E-state index in [9.17, 15) is 13.2 Å². The molecule has 1 aromatic carbocycles. The molecule has 1 fully saturated rings. The van der Waals surface area contributed by atoms with E-state index in [4.69, 9.17) is 0 Å². The zero-order valence-corrected chi connectivity index (χ0v) is 16.8. The highest BCUT2D eigenvalue weighted by atomic mass is 32.2. The Labute approximate surface area is 152 Å². The minimum Gasteiger partial charge on any atom is -0.345 e. The van der Waals surface area contributed by atoms with E-state index in [1.807, 2.05) is 27.0 Å². The molecule has 0 unspecified atom stereocenters. The summed E-state index contributed by atoms with van der Waals surface area (Å²) in [6.45, 7) is 9.60. The van der Waals surface area contributed by atoms with E-state index in [2.05, 4.69) is 13.8 Å². The fourth-order valence-corrected chi connectivity index (χ4v) is 4.87. The molecule has 1 saturated heterocycles. The normalized spacial score (nSPS) is 17.0. The van der Waals surface area contributed by atoms with Gasteiger partial charge in [0.2, 0.25) is 15.9 Å². The molecule has 0 bridgehead atoms. The summed E-state index contributed by atoms with van der Waals surface area (Å²) in [6, 6.07) is 5.25. The Morgan fingerprint density at radius 1 is 1.20 bits per heavy atom. The van der Waals surface area contributed by atoms with Crippen LogP contribution in [0.5, 0.6) is 0 Å². The maximum absolute atomic E-state index is 12.8. The van der Waals surface area contributed by atoms with Crippen LogP contribution in [0.1, 0.15) is 37.8 Å². The lowest BCUT2D eigenvalue weighted by Crippen LogP contribution is -2.44. The molecule has 1 aliphatic heterocycles. The minimum atomic E-state index is -3.48. The molecule has 1 amide bonds. The van der Waals surface area contributed by atoms with Gasteiger partial charge in [0.05, 0.1) is 4.90 Å². The number of sulfonamides is 1. The average Bonchev–Trinajstić information content (AvgIpc) is 2.56. The van der Waals surface area contributed by atoms with E-state index in [1.165, 1.54) is 4.31 Å². The summed E-state index contributed by atoms with van der Waals surface area (Å²) in [5, 5.41) is 0. The van der Waals surface area contributed by atoms with Crippen molar-refractivity contribution in [3.05, 3.63) is 29.3 Å². The molecule has 0 atom stereocenters. The number of carbonyl (C=O) groups excluding carboxylic acids is 1. The maximum Gasteiger partial charge on any atom is 0.243 e. The van der Waals surface area contributed by atoms with Gasteiger partial charge in [0, 0.05) is 32.6 Å². The standard InChI is InChI=1S/C19H30N2O3S/c1-14(2)13-20(5)19(22)17-8-10-21(11-9-17)25(23,24)18-7-6-15(3)16(4)12-18/h6-7,12,14,17H,8-11,13H2,1-5H3. The van der Waals surface area contributed by atoms with Crippen LogP contribution in [0.3, 0.4) is 0 Å². The fourth-order valence-electron chi connectivity index (χ4n) is 3.32. The van der Waals surface area contributed by atoms with Gasteiger partial charge in [0.1, 0.15) is 0 Å². The Morgan fingerprint density at radius 3 is 2.32 bits per heavy atom. The summed E-state index contributed by atoms with van der Waals surface area (Å²) in [5.74, 6) is 0.492. The predicted octanol–water partition coefficient (Wildman–Crippen LogP) is 2.82. The maximum atomic E-state index is 12.8. The largest absolute Gasteiger partial charge is 0.345 e. The molecule has 0 aromatic heterocycles. The Morgan fingerprint density at radius 2 is 1.80 bits per heavy atom. The minimum absolute atomic E-state index is 0.0741. The molecular formula is C19H30N2O3S. The van der Waals surface area contributed by atoms with Gasteiger partial charge < -0.3 is 4.90 Å². The first kappa shape index (κ1) is 19.9. The van der Waals surface area contributed by atoms with Crippen LogP contribution in [0.2, 0.25) is 0 Å². The fraction of sp³-hybridized carbons (Fsp3) is 0.632. The number of aryl methyl sites for hydroxylation is 2. The van der Waals surface area contributed by atoms with Crippen LogP contribution in [0.15, 0.2) is 23.1 Å². The third-order valence-electron chi connectivity index (χ3n) is 4.93. The van der Waals surface area contributed by atoms with Crippen LogP contribution in [-0.4, -0.2) is 50.2 Å². The van der Waals surface area contributed by atoms with E-state index >= 15 is 0 Å². The van der Waals surface area contributed by atoms with Gasteiger partial charge in [0.15, 0.2) is 0 Å². The first-order valence-electron chi connectivity index (χ1n) is 8.95. The SMILES string of the molecule is Cc1ccc(S(=O)(=O)N2CCC(C(=O)N(C)CC(C)C)CC2)cc1C. The molecule has 25 heavy (non-hydrogen) atoms. The molecule has 5 nitrogen and oxygen atoms in total. The van der Waals surface area contributed by atoms with Crippen molar-refractivity contribution in [3.63, 3.8) is 0 Å². The number of amides is 1. The van der Waals surface area contributed by atoms with Crippen LogP contribution in [0.4, 0.5) is 0 Å². The second-order valence-corrected chi connectivity index (χ2v) is 9.47. The van der Waals surface area contributed by atoms with Crippen LogP contribution in [0, 0.1) is 25.7 Å². The zero-order valence-electron chi connectivity index (χ0n) is 15.9. The Hall–Kier alpha value is -1.40. The van der Waals surface area contributed by atoms with E-state index < -0.39 is 10.0 Å². The lowest BCUT2D eigenvalue weighted by molar-refractivity contribution is -0.135. The third-order valence-corrected chi connectivity index (χ3v) is 6.83. The van der Waals surface area contributed by atoms with Crippen molar-refractivity contribution in [1.29, 1.82) is 0 Å². The number of carbonyl (C=O) groups is 1. The Bertz CT molecular complexity index is 720. The van der Waals surface area contributed by atoms with Crippen molar-refractivity contribution in [3.8, 4) is 0 Å². The van der Waals surface area contributed by atoms with Crippen molar-refractivity contribution < 1.29 is 13.2 Å². The molecule has 1 aromatic rings. The van der Waals surface area contributed by atoms with Crippen molar-refractivity contribution in [2.75, 3.05) is 26.7 Å². The molecule has 0 N–H and O–H groups in total. The van der Waals surface area contributed by atoms with E-state index in [-0.39, 0.29) is 11.8 Å². The summed E-state index contributed by atoms with van der Waals surface area (Å²) < 4.78 is 27.2. The van der Waals surface area contributed by atoms with Crippen LogP contribution >= 0.6 is 0 Å². The molecule has 0 aliphatic carbocycles. The molecule has 0 radical (unpaired) electrons. The average molecular weight is 367 g/mol. The van der Waals surface area contributed by atoms with Crippen LogP contribution in [-0.2, 0) is 14.8 Å². The lowest BCUT2D eigenvalue weighted by Gasteiger charge is -2.33. The summed E-state index contributed by atoms with van der Waals surface area (Å²) in [5.41, 5.74) is 2.05. The number of rotatable bonds is 5. The summed E-state index contributed by atoms with van der Waals surface area (Å²) >= 11 is 0. The van der Waals surface area contributed by atoms with E-state index in [0.29, 0.717) is 36.7 Å². The van der Waals surface area contributed by atoms with Gasteiger partial charge in [-0.15, -0.1) is 0 Å². The Kier molecular flexibility index (Phi) is 6.27. The van der Waals surface area contributed by atoms with E-state index in [1.54, 1.807) is 17.0 Å². The summed E-state index contributed by atoms with van der Waals surface area (Å²) in [4.78, 5) is 14.6. The van der Waals surface area contributed by atoms with Crippen molar-refractivity contribution in [2.45, 2.75) is 45.4 Å². The third kappa shape index (κ3) is 4.61. The quantitative estimate of drug-likeness (QED) is 0.805. The zero-order chi connectivity index (χ0) is 18.8. The molecule has 6 heteroatoms. The van der Waals surface area contributed by atoms with Crippen LogP contribution in [0.25, 0.3) is 0 Å². The lowest BCUT2D eigenvalue weighted by atomic mass is 9.96. The molecule has 1 aliphatic rings. The van der Waals surface area contributed by atoms with Gasteiger partial charge in [-0.2, -0.15) is 4.31 Å². The van der Waals surface area contributed by atoms with Crippen LogP contribution < -0.4 is 0 Å². The van der Waals surface area contributed by atoms with Gasteiger partial charge >= 0.3 is 0 Å². The molecule has 140 valence electrons. The molecular weight excluding hydrogens is 336 g/mol. The van der Waals surface area contributed by atoms with Gasteiger partial charge in [-0.3, -0.25) is 4.79 Å². The topological polar surface area (TPSA) is 57.7 Å². The monoisotopic (exact) mass is 366 g/mol. The molecule has 2 rings (SSSR count). The van der Waals surface area contributed by atoms with Crippen molar-refractivity contribution in [2.24, 2.45) is 11.8 Å². The van der Waals surface area contributed by atoms with Gasteiger partial charge in [0.25, 0.3) is 0 Å². The summed E-state index contributed by atoms with van der Waals surface area (Å²) in [7, 11) is -1.65. The number of hydrogen-bond donors (Lipinski definition) is 0. The van der Waals surface area contributed by atoms with Gasteiger partial charge in [-0.1, -0.05) is 19.9 Å². The second kappa shape index (κ2) is 7.87. The summed E-state index contributed by atoms with van der Waals surface area (Å²) in [6.07, 6.45) is 1.18. The number of piperidine rings is 1. The number of benzene rings is 1. The van der Waals surface area contributed by atoms with E-state index in [0.717, 1.165) is 17.7 Å². The first-order valence-corrected chi connectivity index (χ1v) is 10.4. The highest BCUT2D eigenvalue weighted by Gasteiger charge is 2.33. The first-order chi connectivity index (χ1) is 11.6. The molecule has 1 heterocycles. The van der Waals surface area contributed by atoms with Gasteiger partial charge in [-0.05, 0) is 55.9 Å². The molecule has 0 saturated carbocycles. The number of nitrogens with zero attached hydrogens (tertiary/aromatic N) is 2. The number of hydrogen-bond acceptors (Lipinski definition) is 3. The van der Waals surface area contributed by atoms with Crippen molar-refractivity contribution in [1.82, 2.24) is 9.21 Å². The highest BCUT2D eigenvalue weighted by molar-refractivity contribution is 7.89. The van der Waals surface area contributed by atoms with Crippen molar-refractivity contribution >= 4 is 15.9 Å². The molecule has 0 spiro atoms. The smallest absolute Gasteiger partial charge is 0.243 e. The predicted molar refractivity (Wildman–Crippen MR) is 99.9 cm³/mol. The second-order valence-electron chi connectivity index (χ2n) is 7.54. The highest BCUT2D eigenvalue weighted by Crippen LogP contribution is 2.26. The van der Waals surface area contributed by atoms with Gasteiger partial charge in [-0.25, -0.2) is 8.42 Å². The Balaban J connectivity index is 2.03.